The Hall–Kier alpha value is -2.57. The molecule has 24 heavy (non-hydrogen) atoms. The topological polar surface area (TPSA) is 95.9 Å². The Kier molecular flexibility index (Phi) is 5.43. The number of likely N-dealkylation sites (N-methyl/N-ethyl adjacent to an activating group) is 1. The molecule has 1 aromatic rings. The van der Waals surface area contributed by atoms with Crippen molar-refractivity contribution in [2.45, 2.75) is 32.7 Å². The number of nitrogens with zero attached hydrogens (tertiary/aromatic N) is 1. The van der Waals surface area contributed by atoms with Crippen LogP contribution in [0.25, 0.3) is 0 Å². The minimum atomic E-state index is -1.06. The maximum atomic E-state index is 12.5. The van der Waals surface area contributed by atoms with Crippen LogP contribution in [0.1, 0.15) is 34.3 Å². The van der Waals surface area contributed by atoms with Gasteiger partial charge in [-0.1, -0.05) is 0 Å². The number of ether oxygens (including phenoxy) is 1. The predicted octanol–water partition coefficient (Wildman–Crippen LogP) is 1.12. The van der Waals surface area contributed by atoms with Crippen LogP contribution in [0.15, 0.2) is 12.1 Å². The van der Waals surface area contributed by atoms with E-state index in [0.717, 1.165) is 12.8 Å². The number of benzene rings is 1. The van der Waals surface area contributed by atoms with Crippen molar-refractivity contribution in [1.29, 1.82) is 0 Å². The van der Waals surface area contributed by atoms with E-state index in [1.165, 1.54) is 4.90 Å². The third-order valence-corrected chi connectivity index (χ3v) is 3.72. The summed E-state index contributed by atoms with van der Waals surface area (Å²) in [6, 6.07) is 3.54. The van der Waals surface area contributed by atoms with E-state index >= 15 is 0 Å². The van der Waals surface area contributed by atoms with Gasteiger partial charge in [-0.25, -0.2) is 4.79 Å². The number of hydrogen-bond donors (Lipinski definition) is 2. The number of nitrogens with one attached hydrogen (secondary N) is 1. The van der Waals surface area contributed by atoms with Gasteiger partial charge in [0.05, 0.1) is 6.54 Å². The molecule has 2 rings (SSSR count). The molecule has 130 valence electrons. The van der Waals surface area contributed by atoms with Crippen molar-refractivity contribution in [1.82, 2.24) is 10.2 Å². The highest BCUT2D eigenvalue weighted by Crippen LogP contribution is 2.25. The summed E-state index contributed by atoms with van der Waals surface area (Å²) in [4.78, 5) is 36.3. The number of aliphatic carboxylic acids is 1. The molecule has 7 heteroatoms. The second kappa shape index (κ2) is 7.33. The fraction of sp³-hybridized carbons (Fsp3) is 0.471. The third-order valence-electron chi connectivity index (χ3n) is 3.72. The quantitative estimate of drug-likeness (QED) is 0.779. The monoisotopic (exact) mass is 334 g/mol. The zero-order chi connectivity index (χ0) is 17.9. The van der Waals surface area contributed by atoms with Gasteiger partial charge < -0.3 is 20.1 Å². The lowest BCUT2D eigenvalue weighted by atomic mass is 10.0. The van der Waals surface area contributed by atoms with Gasteiger partial charge in [0.15, 0.2) is 6.61 Å². The highest BCUT2D eigenvalue weighted by Gasteiger charge is 2.24. The van der Waals surface area contributed by atoms with Crippen molar-refractivity contribution in [2.24, 2.45) is 0 Å². The predicted molar refractivity (Wildman–Crippen MR) is 87.2 cm³/mol. The largest absolute Gasteiger partial charge is 0.481 e. The standard InChI is InChI=1S/C17H22N2O5/c1-10-6-12(7-11(2)16(10)24-9-15(21)22)17(23)19(3)8-14(20)18-13-4-5-13/h6-7,13H,4-5,8-9H2,1-3H3,(H,18,20)(H,21,22). The van der Waals surface area contributed by atoms with Crippen LogP contribution in [0, 0.1) is 13.8 Å². The Labute approximate surface area is 140 Å². The third kappa shape index (κ3) is 4.71. The van der Waals surface area contributed by atoms with Gasteiger partial charge in [-0.3, -0.25) is 9.59 Å². The van der Waals surface area contributed by atoms with Gasteiger partial charge in [0, 0.05) is 18.7 Å². The first-order chi connectivity index (χ1) is 11.3. The van der Waals surface area contributed by atoms with Gasteiger partial charge in [0.25, 0.3) is 5.91 Å². The van der Waals surface area contributed by atoms with Crippen LogP contribution in [0.2, 0.25) is 0 Å². The number of amides is 2. The number of aryl methyl sites for hydroxylation is 2. The molecular formula is C17H22N2O5. The number of carboxylic acid groups (broad SMARTS) is 1. The van der Waals surface area contributed by atoms with E-state index in [2.05, 4.69) is 5.32 Å². The van der Waals surface area contributed by atoms with Crippen LogP contribution < -0.4 is 10.1 Å². The first-order valence-corrected chi connectivity index (χ1v) is 7.78. The summed E-state index contributed by atoms with van der Waals surface area (Å²) in [5.74, 6) is -1.03. The summed E-state index contributed by atoms with van der Waals surface area (Å²) in [6.45, 7) is 3.07. The van der Waals surface area contributed by atoms with E-state index in [-0.39, 0.29) is 24.4 Å². The fourth-order valence-electron chi connectivity index (χ4n) is 2.44. The molecule has 1 aliphatic rings. The average molecular weight is 334 g/mol. The maximum Gasteiger partial charge on any atom is 0.341 e. The number of rotatable bonds is 7. The normalized spacial score (nSPS) is 13.3. The Morgan fingerprint density at radius 2 is 1.83 bits per heavy atom. The molecule has 0 saturated heterocycles. The minimum absolute atomic E-state index is 0.00466. The van der Waals surface area contributed by atoms with Crippen molar-refractivity contribution < 1.29 is 24.2 Å². The van der Waals surface area contributed by atoms with E-state index in [1.54, 1.807) is 33.0 Å². The van der Waals surface area contributed by atoms with Gasteiger partial charge in [0.2, 0.25) is 5.91 Å². The molecule has 0 heterocycles. The van der Waals surface area contributed by atoms with E-state index < -0.39 is 12.6 Å². The van der Waals surface area contributed by atoms with Crippen LogP contribution in [-0.2, 0) is 9.59 Å². The fourth-order valence-corrected chi connectivity index (χ4v) is 2.44. The molecule has 0 atom stereocenters. The Morgan fingerprint density at radius 1 is 1.25 bits per heavy atom. The molecule has 0 unspecified atom stereocenters. The average Bonchev–Trinajstić information content (AvgIpc) is 3.28. The Morgan fingerprint density at radius 3 is 2.33 bits per heavy atom. The number of carboxylic acids is 1. The van der Waals surface area contributed by atoms with Crippen LogP contribution in [0.4, 0.5) is 0 Å². The number of hydrogen-bond acceptors (Lipinski definition) is 4. The van der Waals surface area contributed by atoms with Crippen LogP contribution in [0.5, 0.6) is 5.75 Å². The molecule has 0 aliphatic heterocycles. The molecule has 2 N–H and O–H groups in total. The van der Waals surface area contributed by atoms with Gasteiger partial charge in [0.1, 0.15) is 5.75 Å². The van der Waals surface area contributed by atoms with Gasteiger partial charge in [-0.15, -0.1) is 0 Å². The summed E-state index contributed by atoms with van der Waals surface area (Å²) in [6.07, 6.45) is 2.00. The molecule has 0 spiro atoms. The SMILES string of the molecule is Cc1cc(C(=O)N(C)CC(=O)NC2CC2)cc(C)c1OCC(=O)O. The first kappa shape index (κ1) is 17.8. The Balaban J connectivity index is 2.05. The molecule has 1 fully saturated rings. The molecule has 0 radical (unpaired) electrons. The second-order valence-corrected chi connectivity index (χ2v) is 6.12. The molecule has 7 nitrogen and oxygen atoms in total. The van der Waals surface area contributed by atoms with Crippen molar-refractivity contribution in [3.8, 4) is 5.75 Å². The van der Waals surface area contributed by atoms with Gasteiger partial charge in [-0.2, -0.15) is 0 Å². The molecule has 1 saturated carbocycles. The zero-order valence-electron chi connectivity index (χ0n) is 14.1. The van der Waals surface area contributed by atoms with E-state index in [0.29, 0.717) is 22.4 Å². The molecular weight excluding hydrogens is 312 g/mol. The summed E-state index contributed by atoms with van der Waals surface area (Å²) in [7, 11) is 1.58. The Bertz CT molecular complexity index is 644. The number of carbonyl (C=O) groups excluding carboxylic acids is 2. The highest BCUT2D eigenvalue weighted by molar-refractivity contribution is 5.97. The highest BCUT2D eigenvalue weighted by atomic mass is 16.5. The van der Waals surface area contributed by atoms with Crippen molar-refractivity contribution in [3.05, 3.63) is 28.8 Å². The lowest BCUT2D eigenvalue weighted by Gasteiger charge is -2.18. The molecule has 2 amide bonds. The zero-order valence-corrected chi connectivity index (χ0v) is 14.1. The van der Waals surface area contributed by atoms with Gasteiger partial charge >= 0.3 is 5.97 Å². The van der Waals surface area contributed by atoms with E-state index in [4.69, 9.17) is 9.84 Å². The molecule has 1 aromatic carbocycles. The van der Waals surface area contributed by atoms with E-state index in [1.807, 2.05) is 0 Å². The smallest absolute Gasteiger partial charge is 0.341 e. The van der Waals surface area contributed by atoms with Crippen LogP contribution in [0.3, 0.4) is 0 Å². The summed E-state index contributed by atoms with van der Waals surface area (Å²) >= 11 is 0. The summed E-state index contributed by atoms with van der Waals surface area (Å²) in [5, 5.41) is 11.5. The van der Waals surface area contributed by atoms with Gasteiger partial charge in [-0.05, 0) is 49.9 Å². The lowest BCUT2D eigenvalue weighted by Crippen LogP contribution is -2.39. The van der Waals surface area contributed by atoms with Crippen molar-refractivity contribution >= 4 is 17.8 Å². The second-order valence-electron chi connectivity index (χ2n) is 6.12. The number of carbonyl (C=O) groups is 3. The summed E-state index contributed by atoms with van der Waals surface area (Å²) in [5.41, 5.74) is 1.79. The minimum Gasteiger partial charge on any atom is -0.481 e. The summed E-state index contributed by atoms with van der Waals surface area (Å²) < 4.78 is 5.25. The van der Waals surface area contributed by atoms with Crippen molar-refractivity contribution in [2.75, 3.05) is 20.2 Å². The molecule has 1 aliphatic carbocycles. The lowest BCUT2D eigenvalue weighted by molar-refractivity contribution is -0.139. The van der Waals surface area contributed by atoms with Crippen LogP contribution >= 0.6 is 0 Å². The van der Waals surface area contributed by atoms with Crippen LogP contribution in [-0.4, -0.2) is 54.0 Å². The molecule has 0 bridgehead atoms. The van der Waals surface area contributed by atoms with Crippen molar-refractivity contribution in [3.63, 3.8) is 0 Å². The first-order valence-electron chi connectivity index (χ1n) is 7.78. The molecule has 0 aromatic heterocycles. The van der Waals surface area contributed by atoms with E-state index in [9.17, 15) is 14.4 Å². The maximum absolute atomic E-state index is 12.5.